The second-order valence-electron chi connectivity index (χ2n) is 2.63. The van der Waals surface area contributed by atoms with Crippen LogP contribution in [0.2, 0.25) is 0 Å². The van der Waals surface area contributed by atoms with Gasteiger partial charge in [-0.2, -0.15) is 0 Å². The molecule has 0 bridgehead atoms. The Morgan fingerprint density at radius 1 is 1.33 bits per heavy atom. The normalized spacial score (nSPS) is 21.2. The molecule has 0 heterocycles. The van der Waals surface area contributed by atoms with Gasteiger partial charge in [0.05, 0.1) is 0 Å². The Labute approximate surface area is 114 Å². The van der Waals surface area contributed by atoms with Gasteiger partial charge in [-0.25, -0.2) is 0 Å². The number of hydrogen-bond acceptors (Lipinski definition) is 3. The first-order valence-corrected chi connectivity index (χ1v) is 3.62. The molecule has 1 atom stereocenters. The number of Topliss-reactive ketones (excluding diaryl/α,β-unsaturated/α-hetero) is 1. The molecular weight excluding hydrogens is 183 g/mol. The van der Waals surface area contributed by atoms with Crippen molar-refractivity contribution in [3.8, 4) is 0 Å². The average Bonchev–Trinajstić information content (AvgIpc) is 2.05. The van der Waals surface area contributed by atoms with E-state index in [-0.39, 0.29) is 57.3 Å². The number of allylic oxidation sites excluding steroid dienone is 2. The van der Waals surface area contributed by atoms with Crippen LogP contribution in [-0.2, 0) is 9.59 Å². The molecule has 60 valence electrons. The van der Waals surface area contributed by atoms with Crippen LogP contribution in [0.5, 0.6) is 0 Å². The molecule has 3 nitrogen and oxygen atoms in total. The second kappa shape index (κ2) is 6.04. The van der Waals surface area contributed by atoms with Crippen LogP contribution < -0.4 is 56.5 Å². The van der Waals surface area contributed by atoms with Crippen molar-refractivity contribution >= 4 is 11.8 Å². The van der Waals surface area contributed by atoms with Crippen molar-refractivity contribution in [2.75, 3.05) is 0 Å². The van der Waals surface area contributed by atoms with E-state index in [0.717, 1.165) is 6.42 Å². The van der Waals surface area contributed by atoms with Crippen molar-refractivity contribution in [3.63, 3.8) is 0 Å². The molecule has 12 heavy (non-hydrogen) atoms. The van der Waals surface area contributed by atoms with E-state index in [1.54, 1.807) is 0 Å². The van der Waals surface area contributed by atoms with Crippen molar-refractivity contribution in [2.24, 2.45) is 5.92 Å². The van der Waals surface area contributed by atoms with Crippen LogP contribution >= 0.6 is 0 Å². The molecule has 0 amide bonds. The van der Waals surface area contributed by atoms with Crippen molar-refractivity contribution in [1.29, 1.82) is 0 Å². The van der Waals surface area contributed by atoms with Crippen LogP contribution in [0, 0.1) is 5.92 Å². The predicted molar refractivity (Wildman–Crippen MR) is 36.5 cm³/mol. The second-order valence-corrected chi connectivity index (χ2v) is 2.63. The van der Waals surface area contributed by atoms with Crippen LogP contribution in [0.15, 0.2) is 12.2 Å². The number of carboxylic acids is 1. The van der Waals surface area contributed by atoms with E-state index in [4.69, 9.17) is 0 Å². The third-order valence-corrected chi connectivity index (χ3v) is 1.84. The summed E-state index contributed by atoms with van der Waals surface area (Å²) < 4.78 is 0. The van der Waals surface area contributed by atoms with E-state index in [1.165, 1.54) is 0 Å². The van der Waals surface area contributed by atoms with Crippen molar-refractivity contribution < 1.29 is 66.1 Å². The Balaban J connectivity index is 0.00000121. The van der Waals surface area contributed by atoms with Gasteiger partial charge in [-0.3, -0.25) is 4.79 Å². The average molecular weight is 192 g/mol. The molecular formula is C8H9KO3. The van der Waals surface area contributed by atoms with Gasteiger partial charge in [-0.1, -0.05) is 12.2 Å². The maximum absolute atomic E-state index is 10.8. The molecule has 0 fully saturated rings. The molecule has 0 unspecified atom stereocenters. The third-order valence-electron chi connectivity index (χ3n) is 1.84. The first-order chi connectivity index (χ1) is 5.22. The number of hydrogen-bond donors (Lipinski definition) is 0. The van der Waals surface area contributed by atoms with E-state index >= 15 is 0 Å². The molecule has 0 saturated heterocycles. The number of ketones is 1. The molecule has 1 aliphatic carbocycles. The van der Waals surface area contributed by atoms with E-state index in [1.807, 2.05) is 12.2 Å². The molecule has 0 aromatic heterocycles. The summed E-state index contributed by atoms with van der Waals surface area (Å²) in [4.78, 5) is 20.9. The summed E-state index contributed by atoms with van der Waals surface area (Å²) in [6, 6.07) is 0. The van der Waals surface area contributed by atoms with E-state index in [2.05, 4.69) is 0 Å². The topological polar surface area (TPSA) is 57.2 Å². The van der Waals surface area contributed by atoms with Crippen LogP contribution in [0.25, 0.3) is 0 Å². The first-order valence-electron chi connectivity index (χ1n) is 3.62. The predicted octanol–water partition coefficient (Wildman–Crippen LogP) is -3.33. The zero-order valence-corrected chi connectivity index (χ0v) is 10.2. The SMILES string of the molecule is O=C([O-])C(=O)[C@H]1CC=CCC1.[K+]. The molecule has 0 aliphatic heterocycles. The summed E-state index contributed by atoms with van der Waals surface area (Å²) >= 11 is 0. The number of carbonyl (C=O) groups excluding carboxylic acids is 2. The molecule has 0 spiro atoms. The minimum Gasteiger partial charge on any atom is -0.542 e. The van der Waals surface area contributed by atoms with Crippen molar-refractivity contribution in [1.82, 2.24) is 0 Å². The molecule has 1 aliphatic rings. The van der Waals surface area contributed by atoms with Crippen molar-refractivity contribution in [2.45, 2.75) is 19.3 Å². The van der Waals surface area contributed by atoms with Gasteiger partial charge in [0.1, 0.15) is 5.97 Å². The van der Waals surface area contributed by atoms with Crippen LogP contribution in [0.3, 0.4) is 0 Å². The number of carbonyl (C=O) groups is 2. The summed E-state index contributed by atoms with van der Waals surface area (Å²) in [5.74, 6) is -2.65. The quantitative estimate of drug-likeness (QED) is 0.261. The van der Waals surface area contributed by atoms with Crippen LogP contribution in [0.1, 0.15) is 19.3 Å². The van der Waals surface area contributed by atoms with Gasteiger partial charge < -0.3 is 9.90 Å². The Morgan fingerprint density at radius 3 is 2.42 bits per heavy atom. The molecule has 0 aromatic carbocycles. The van der Waals surface area contributed by atoms with E-state index < -0.39 is 11.8 Å². The third kappa shape index (κ3) is 3.49. The van der Waals surface area contributed by atoms with Gasteiger partial charge in [0.15, 0.2) is 5.78 Å². The van der Waals surface area contributed by atoms with E-state index in [9.17, 15) is 14.7 Å². The molecule has 0 saturated carbocycles. The van der Waals surface area contributed by atoms with E-state index in [0.29, 0.717) is 12.8 Å². The minimum atomic E-state index is -1.55. The van der Waals surface area contributed by atoms with Gasteiger partial charge in [0.25, 0.3) is 0 Å². The summed E-state index contributed by atoms with van der Waals surface area (Å²) in [7, 11) is 0. The molecule has 0 N–H and O–H groups in total. The van der Waals surface area contributed by atoms with Crippen molar-refractivity contribution in [3.05, 3.63) is 12.2 Å². The zero-order chi connectivity index (χ0) is 8.27. The van der Waals surface area contributed by atoms with Crippen LogP contribution in [0.4, 0.5) is 0 Å². The first kappa shape index (κ1) is 12.5. The fourth-order valence-electron chi connectivity index (χ4n) is 1.20. The fourth-order valence-corrected chi connectivity index (χ4v) is 1.20. The summed E-state index contributed by atoms with van der Waals surface area (Å²) in [5, 5.41) is 10.1. The van der Waals surface area contributed by atoms with Gasteiger partial charge >= 0.3 is 51.4 Å². The Hall–Kier alpha value is 0.516. The Bertz CT molecular complexity index is 210. The fraction of sp³-hybridized carbons (Fsp3) is 0.500. The van der Waals surface area contributed by atoms with Gasteiger partial charge in [-0.05, 0) is 19.3 Å². The molecule has 0 aromatic rings. The summed E-state index contributed by atoms with van der Waals surface area (Å²) in [6.45, 7) is 0. The monoisotopic (exact) mass is 192 g/mol. The zero-order valence-electron chi connectivity index (χ0n) is 7.08. The Kier molecular flexibility index (Phi) is 6.30. The molecule has 1 rings (SSSR count). The number of aliphatic carboxylic acids is 1. The van der Waals surface area contributed by atoms with Gasteiger partial charge in [-0.15, -0.1) is 0 Å². The standard InChI is InChI=1S/C8H10O3.K/c9-7(8(10)11)6-4-2-1-3-5-6;/h1-2,6H,3-5H2,(H,10,11);/q;+1/p-1/t6-;/m0./s1. The number of rotatable bonds is 2. The maximum atomic E-state index is 10.8. The summed E-state index contributed by atoms with van der Waals surface area (Å²) in [6.07, 6.45) is 5.79. The van der Waals surface area contributed by atoms with Gasteiger partial charge in [0, 0.05) is 5.92 Å². The molecule has 0 radical (unpaired) electrons. The smallest absolute Gasteiger partial charge is 0.542 e. The maximum Gasteiger partial charge on any atom is 1.00 e. The Morgan fingerprint density at radius 2 is 2.00 bits per heavy atom. The molecule has 4 heteroatoms. The largest absolute Gasteiger partial charge is 1.00 e. The number of carboxylic acid groups (broad SMARTS) is 1. The van der Waals surface area contributed by atoms with Gasteiger partial charge in [0.2, 0.25) is 0 Å². The summed E-state index contributed by atoms with van der Waals surface area (Å²) in [5.41, 5.74) is 0. The minimum absolute atomic E-state index is 0. The van der Waals surface area contributed by atoms with Crippen LogP contribution in [-0.4, -0.2) is 11.8 Å².